The molecule has 1 heteroatoms. The Morgan fingerprint density at radius 2 is 2.08 bits per heavy atom. The van der Waals surface area contributed by atoms with E-state index in [0.29, 0.717) is 17.3 Å². The van der Waals surface area contributed by atoms with Crippen LogP contribution in [0.1, 0.15) is 56.7 Å². The minimum absolute atomic E-state index is 0.293. The van der Waals surface area contributed by atoms with Crippen molar-refractivity contribution in [2.75, 3.05) is 0 Å². The first-order chi connectivity index (χ1) is 12.3. The van der Waals surface area contributed by atoms with Crippen molar-refractivity contribution >= 4 is 17.2 Å². The highest BCUT2D eigenvalue weighted by molar-refractivity contribution is 6.29. The Morgan fingerprint density at radius 1 is 1.31 bits per heavy atom. The van der Waals surface area contributed by atoms with Crippen LogP contribution in [-0.2, 0) is 6.42 Å². The number of allylic oxidation sites excluding steroid dienone is 7. The van der Waals surface area contributed by atoms with Crippen LogP contribution in [-0.4, -0.2) is 0 Å². The van der Waals surface area contributed by atoms with Gasteiger partial charge in [-0.1, -0.05) is 80.1 Å². The van der Waals surface area contributed by atoms with Crippen molar-refractivity contribution in [2.24, 2.45) is 17.3 Å². The molecule has 1 aromatic rings. The fourth-order valence-corrected chi connectivity index (χ4v) is 4.68. The zero-order valence-corrected chi connectivity index (χ0v) is 17.4. The minimum atomic E-state index is 0.293. The Kier molecular flexibility index (Phi) is 5.63. The molecule has 26 heavy (non-hydrogen) atoms. The van der Waals surface area contributed by atoms with Crippen LogP contribution in [0, 0.1) is 24.2 Å². The Labute approximate surface area is 164 Å². The summed E-state index contributed by atoms with van der Waals surface area (Å²) in [5.74, 6) is 1.10. The molecule has 0 radical (unpaired) electrons. The maximum atomic E-state index is 6.12. The maximum Gasteiger partial charge on any atom is 0.0113 e. The third-order valence-electron chi connectivity index (χ3n) is 6.23. The van der Waals surface area contributed by atoms with Gasteiger partial charge in [0.05, 0.1) is 0 Å². The SMILES string of the molecule is C=C(CCc1cccc(C2=CCCC=C2)c1C)C1C(/C=C(/C)Cl)C1(C)C. The van der Waals surface area contributed by atoms with E-state index >= 15 is 0 Å². The number of rotatable bonds is 6. The largest absolute Gasteiger partial charge is 0.0995 e. The van der Waals surface area contributed by atoms with Gasteiger partial charge in [0.25, 0.3) is 0 Å². The highest BCUT2D eigenvalue weighted by Gasteiger charge is 2.56. The van der Waals surface area contributed by atoms with Gasteiger partial charge in [0.1, 0.15) is 0 Å². The summed E-state index contributed by atoms with van der Waals surface area (Å²) in [5.41, 5.74) is 7.29. The van der Waals surface area contributed by atoms with Gasteiger partial charge in [-0.2, -0.15) is 0 Å². The van der Waals surface area contributed by atoms with Crippen molar-refractivity contribution in [3.8, 4) is 0 Å². The second kappa shape index (κ2) is 7.61. The molecule has 0 nitrogen and oxygen atoms in total. The number of halogens is 1. The fourth-order valence-electron chi connectivity index (χ4n) is 4.55. The monoisotopic (exact) mass is 366 g/mol. The van der Waals surface area contributed by atoms with E-state index in [1.807, 2.05) is 6.92 Å². The van der Waals surface area contributed by atoms with E-state index in [-0.39, 0.29) is 0 Å². The Hall–Kier alpha value is -1.53. The molecular formula is C25H31Cl. The molecule has 2 unspecified atom stereocenters. The number of hydrogen-bond acceptors (Lipinski definition) is 0. The van der Waals surface area contributed by atoms with Gasteiger partial charge >= 0.3 is 0 Å². The molecule has 0 spiro atoms. The maximum absolute atomic E-state index is 6.12. The van der Waals surface area contributed by atoms with Gasteiger partial charge in [0, 0.05) is 5.03 Å². The van der Waals surface area contributed by atoms with Crippen molar-refractivity contribution in [3.05, 3.63) is 76.4 Å². The molecule has 0 saturated heterocycles. The van der Waals surface area contributed by atoms with Crippen LogP contribution in [0.2, 0.25) is 0 Å². The molecule has 1 saturated carbocycles. The van der Waals surface area contributed by atoms with Crippen LogP contribution < -0.4 is 0 Å². The fraction of sp³-hybridized carbons (Fsp3) is 0.440. The summed E-state index contributed by atoms with van der Waals surface area (Å²) in [5, 5.41) is 0.899. The van der Waals surface area contributed by atoms with E-state index in [0.717, 1.165) is 30.7 Å². The predicted molar refractivity (Wildman–Crippen MR) is 115 cm³/mol. The lowest BCUT2D eigenvalue weighted by Crippen LogP contribution is -1.99. The van der Waals surface area contributed by atoms with Gasteiger partial charge in [-0.05, 0) is 79.0 Å². The van der Waals surface area contributed by atoms with E-state index in [1.54, 1.807) is 0 Å². The number of aryl methyl sites for hydroxylation is 1. The third-order valence-corrected chi connectivity index (χ3v) is 6.35. The Bertz CT molecular complexity index is 784. The van der Waals surface area contributed by atoms with E-state index in [1.165, 1.54) is 27.8 Å². The molecule has 0 aromatic heterocycles. The van der Waals surface area contributed by atoms with Crippen LogP contribution in [0.3, 0.4) is 0 Å². The molecule has 1 fully saturated rings. The molecule has 0 N–H and O–H groups in total. The standard InChI is InChI=1S/C25H31Cl/c1-17(24-23(16-18(2)26)25(24,4)5)14-15-20-12-9-13-22(19(20)3)21-10-7-6-8-11-21/h7,9-13,16,23-24H,1,6,8,14-15H2,2-5H3/b18-16-. The average Bonchev–Trinajstić information content (AvgIpc) is 3.14. The van der Waals surface area contributed by atoms with E-state index in [2.05, 4.69) is 69.9 Å². The summed E-state index contributed by atoms with van der Waals surface area (Å²) in [6.45, 7) is 13.3. The summed E-state index contributed by atoms with van der Waals surface area (Å²) in [6.07, 6.45) is 13.6. The summed E-state index contributed by atoms with van der Waals surface area (Å²) in [6, 6.07) is 6.73. The van der Waals surface area contributed by atoms with Crippen LogP contribution in [0.25, 0.3) is 5.57 Å². The second-order valence-corrected chi connectivity index (χ2v) is 9.06. The van der Waals surface area contributed by atoms with Crippen molar-refractivity contribution in [2.45, 2.75) is 53.4 Å². The van der Waals surface area contributed by atoms with Crippen LogP contribution >= 0.6 is 11.6 Å². The molecule has 2 aliphatic rings. The molecule has 2 aliphatic carbocycles. The predicted octanol–water partition coefficient (Wildman–Crippen LogP) is 7.63. The van der Waals surface area contributed by atoms with Crippen LogP contribution in [0.5, 0.6) is 0 Å². The van der Waals surface area contributed by atoms with Crippen LogP contribution in [0.4, 0.5) is 0 Å². The summed E-state index contributed by atoms with van der Waals surface area (Å²) >= 11 is 6.12. The normalized spacial score (nSPS) is 24.3. The van der Waals surface area contributed by atoms with Gasteiger partial charge in [0.2, 0.25) is 0 Å². The molecule has 0 amide bonds. The lowest BCUT2D eigenvalue weighted by Gasteiger charge is -2.15. The topological polar surface area (TPSA) is 0 Å². The van der Waals surface area contributed by atoms with E-state index in [4.69, 9.17) is 11.6 Å². The molecule has 2 atom stereocenters. The van der Waals surface area contributed by atoms with Gasteiger partial charge < -0.3 is 0 Å². The first-order valence-electron chi connectivity index (χ1n) is 9.79. The minimum Gasteiger partial charge on any atom is -0.0995 e. The Morgan fingerprint density at radius 3 is 2.73 bits per heavy atom. The van der Waals surface area contributed by atoms with Crippen LogP contribution in [0.15, 0.2) is 59.7 Å². The Balaban J connectivity index is 1.69. The summed E-state index contributed by atoms with van der Waals surface area (Å²) in [4.78, 5) is 0. The third kappa shape index (κ3) is 3.91. The van der Waals surface area contributed by atoms with Gasteiger partial charge in [-0.25, -0.2) is 0 Å². The number of hydrogen-bond donors (Lipinski definition) is 0. The zero-order chi connectivity index (χ0) is 18.9. The highest BCUT2D eigenvalue weighted by Crippen LogP contribution is 2.63. The summed E-state index contributed by atoms with van der Waals surface area (Å²) < 4.78 is 0. The lowest BCUT2D eigenvalue weighted by atomic mass is 9.90. The number of benzene rings is 1. The quantitative estimate of drug-likeness (QED) is 0.454. The lowest BCUT2D eigenvalue weighted by molar-refractivity contribution is 0.571. The summed E-state index contributed by atoms with van der Waals surface area (Å²) in [7, 11) is 0. The van der Waals surface area contributed by atoms with Crippen molar-refractivity contribution in [1.82, 2.24) is 0 Å². The molecule has 138 valence electrons. The highest BCUT2D eigenvalue weighted by atomic mass is 35.5. The van der Waals surface area contributed by atoms with Gasteiger partial charge in [-0.3, -0.25) is 0 Å². The van der Waals surface area contributed by atoms with E-state index < -0.39 is 0 Å². The molecule has 0 bridgehead atoms. The molecular weight excluding hydrogens is 336 g/mol. The van der Waals surface area contributed by atoms with E-state index in [9.17, 15) is 0 Å². The molecule has 0 aliphatic heterocycles. The smallest absolute Gasteiger partial charge is 0.0113 e. The zero-order valence-electron chi connectivity index (χ0n) is 16.6. The molecule has 1 aromatic carbocycles. The second-order valence-electron chi connectivity index (χ2n) is 8.47. The first kappa shape index (κ1) is 19.2. The van der Waals surface area contributed by atoms with Crippen molar-refractivity contribution < 1.29 is 0 Å². The van der Waals surface area contributed by atoms with Crippen molar-refractivity contribution in [3.63, 3.8) is 0 Å². The van der Waals surface area contributed by atoms with Gasteiger partial charge in [0.15, 0.2) is 0 Å². The molecule has 0 heterocycles. The van der Waals surface area contributed by atoms with Gasteiger partial charge in [-0.15, -0.1) is 0 Å². The molecule has 3 rings (SSSR count). The average molecular weight is 367 g/mol. The van der Waals surface area contributed by atoms with Crippen molar-refractivity contribution in [1.29, 1.82) is 0 Å². The first-order valence-corrected chi connectivity index (χ1v) is 10.2.